The molecule has 2 saturated carbocycles. The van der Waals surface area contributed by atoms with Gasteiger partial charge in [0.1, 0.15) is 0 Å². The highest BCUT2D eigenvalue weighted by molar-refractivity contribution is 5.09. The normalized spacial score (nSPS) is 25.9. The van der Waals surface area contributed by atoms with Crippen molar-refractivity contribution in [2.75, 3.05) is 19.6 Å². The Morgan fingerprint density at radius 1 is 0.833 bits per heavy atom. The van der Waals surface area contributed by atoms with Gasteiger partial charge >= 0.3 is 0 Å². The molecule has 2 fully saturated rings. The second-order valence-electron chi connectivity index (χ2n) is 8.18. The summed E-state index contributed by atoms with van der Waals surface area (Å²) in [5.74, 6) is 2.58. The number of hydrogen-bond donors (Lipinski definition) is 1. The van der Waals surface area contributed by atoms with E-state index in [1.807, 2.05) is 12.4 Å². The summed E-state index contributed by atoms with van der Waals surface area (Å²) in [6.45, 7) is 4.54. The molecule has 3 rings (SSSR count). The van der Waals surface area contributed by atoms with Crippen molar-refractivity contribution in [2.45, 2.75) is 64.3 Å². The topological polar surface area (TPSA) is 42.1 Å². The fourth-order valence-corrected chi connectivity index (χ4v) is 4.70. The second-order valence-corrected chi connectivity index (χ2v) is 8.18. The maximum Gasteiger partial charge on any atom is 0.0271 e. The molecular weight excluding hydrogens is 294 g/mol. The third-order valence-corrected chi connectivity index (χ3v) is 6.21. The summed E-state index contributed by atoms with van der Waals surface area (Å²) in [6.07, 6.45) is 16.5. The Bertz CT molecular complexity index is 447. The quantitative estimate of drug-likeness (QED) is 0.814. The molecule has 1 aromatic heterocycles. The highest BCUT2D eigenvalue weighted by atomic mass is 15.1. The Balaban J connectivity index is 1.56. The van der Waals surface area contributed by atoms with Crippen LogP contribution in [0.25, 0.3) is 0 Å². The van der Waals surface area contributed by atoms with E-state index in [2.05, 4.69) is 22.0 Å². The van der Waals surface area contributed by atoms with Crippen LogP contribution in [0.4, 0.5) is 0 Å². The van der Waals surface area contributed by atoms with E-state index in [-0.39, 0.29) is 0 Å². The van der Waals surface area contributed by atoms with Gasteiger partial charge < -0.3 is 5.73 Å². The van der Waals surface area contributed by atoms with Crippen LogP contribution >= 0.6 is 0 Å². The molecule has 3 heteroatoms. The van der Waals surface area contributed by atoms with E-state index in [9.17, 15) is 0 Å². The lowest BCUT2D eigenvalue weighted by Gasteiger charge is -2.35. The molecular formula is C21H35N3. The number of nitrogens with zero attached hydrogens (tertiary/aromatic N) is 2. The standard InChI is InChI=1S/C21H35N3/c22-14-18-6-8-20(9-7-18)16-24(15-19-4-2-1-3-5-19)17-21-10-12-23-13-11-21/h10-13,18-20H,1-9,14-17,22H2. The zero-order valence-corrected chi connectivity index (χ0v) is 15.2. The SMILES string of the molecule is NCC1CCC(CN(Cc2ccncc2)CC2CCCCC2)CC1. The smallest absolute Gasteiger partial charge is 0.0271 e. The van der Waals surface area contributed by atoms with E-state index >= 15 is 0 Å². The second kappa shape index (κ2) is 9.53. The molecule has 24 heavy (non-hydrogen) atoms. The van der Waals surface area contributed by atoms with Crippen molar-refractivity contribution in [1.82, 2.24) is 9.88 Å². The third kappa shape index (κ3) is 5.56. The zero-order chi connectivity index (χ0) is 16.6. The average Bonchev–Trinajstić information content (AvgIpc) is 2.64. The summed E-state index contributed by atoms with van der Waals surface area (Å²) in [6, 6.07) is 4.36. The van der Waals surface area contributed by atoms with Crippen molar-refractivity contribution < 1.29 is 0 Å². The third-order valence-electron chi connectivity index (χ3n) is 6.21. The summed E-state index contributed by atoms with van der Waals surface area (Å²) in [5.41, 5.74) is 7.27. The lowest BCUT2D eigenvalue weighted by molar-refractivity contribution is 0.143. The lowest BCUT2D eigenvalue weighted by atomic mass is 9.81. The summed E-state index contributed by atoms with van der Waals surface area (Å²) in [4.78, 5) is 6.92. The van der Waals surface area contributed by atoms with E-state index in [0.29, 0.717) is 0 Å². The lowest BCUT2D eigenvalue weighted by Crippen LogP contribution is -2.36. The molecule has 2 aliphatic rings. The molecule has 0 aliphatic heterocycles. The molecule has 0 amide bonds. The first-order chi connectivity index (χ1) is 11.8. The molecule has 1 aromatic rings. The number of pyridine rings is 1. The van der Waals surface area contributed by atoms with Gasteiger partial charge in [0, 0.05) is 32.0 Å². The number of aromatic nitrogens is 1. The summed E-state index contributed by atoms with van der Waals surface area (Å²) >= 11 is 0. The zero-order valence-electron chi connectivity index (χ0n) is 15.2. The van der Waals surface area contributed by atoms with Crippen LogP contribution in [0.1, 0.15) is 63.4 Å². The van der Waals surface area contributed by atoms with Crippen molar-refractivity contribution in [1.29, 1.82) is 0 Å². The molecule has 0 saturated heterocycles. The van der Waals surface area contributed by atoms with Crippen molar-refractivity contribution in [3.63, 3.8) is 0 Å². The molecule has 0 spiro atoms. The summed E-state index contributed by atoms with van der Waals surface area (Å²) in [7, 11) is 0. The van der Waals surface area contributed by atoms with Crippen LogP contribution in [0.3, 0.4) is 0 Å². The van der Waals surface area contributed by atoms with E-state index in [0.717, 1.165) is 30.8 Å². The van der Waals surface area contributed by atoms with Gasteiger partial charge in [0.25, 0.3) is 0 Å². The fraction of sp³-hybridized carbons (Fsp3) is 0.762. The van der Waals surface area contributed by atoms with Crippen molar-refractivity contribution in [2.24, 2.45) is 23.5 Å². The molecule has 0 bridgehead atoms. The molecule has 134 valence electrons. The van der Waals surface area contributed by atoms with Crippen LogP contribution in [0.2, 0.25) is 0 Å². The maximum atomic E-state index is 5.86. The first-order valence-corrected chi connectivity index (χ1v) is 10.1. The minimum absolute atomic E-state index is 0.785. The van der Waals surface area contributed by atoms with E-state index < -0.39 is 0 Å². The highest BCUT2D eigenvalue weighted by Crippen LogP contribution is 2.30. The van der Waals surface area contributed by atoms with Crippen molar-refractivity contribution in [3.8, 4) is 0 Å². The highest BCUT2D eigenvalue weighted by Gasteiger charge is 2.24. The van der Waals surface area contributed by atoms with Gasteiger partial charge in [0.2, 0.25) is 0 Å². The Morgan fingerprint density at radius 2 is 1.42 bits per heavy atom. The number of hydrogen-bond acceptors (Lipinski definition) is 3. The van der Waals surface area contributed by atoms with Gasteiger partial charge in [-0.15, -0.1) is 0 Å². The maximum absolute atomic E-state index is 5.86. The fourth-order valence-electron chi connectivity index (χ4n) is 4.70. The molecule has 0 radical (unpaired) electrons. The van der Waals surface area contributed by atoms with Crippen LogP contribution < -0.4 is 5.73 Å². The minimum atomic E-state index is 0.785. The van der Waals surface area contributed by atoms with Crippen LogP contribution in [-0.2, 0) is 6.54 Å². The molecule has 0 unspecified atom stereocenters. The van der Waals surface area contributed by atoms with Crippen LogP contribution in [0.5, 0.6) is 0 Å². The molecule has 2 N–H and O–H groups in total. The van der Waals surface area contributed by atoms with E-state index in [1.54, 1.807) is 0 Å². The van der Waals surface area contributed by atoms with E-state index in [1.165, 1.54) is 76.4 Å². The molecule has 0 atom stereocenters. The monoisotopic (exact) mass is 329 g/mol. The van der Waals surface area contributed by atoms with Gasteiger partial charge in [-0.25, -0.2) is 0 Å². The van der Waals surface area contributed by atoms with Crippen LogP contribution in [0, 0.1) is 17.8 Å². The first-order valence-electron chi connectivity index (χ1n) is 10.1. The van der Waals surface area contributed by atoms with E-state index in [4.69, 9.17) is 5.73 Å². The molecule has 1 heterocycles. The van der Waals surface area contributed by atoms with Gasteiger partial charge in [-0.05, 0) is 80.5 Å². The van der Waals surface area contributed by atoms with Gasteiger partial charge in [-0.1, -0.05) is 19.3 Å². The molecule has 0 aromatic carbocycles. The van der Waals surface area contributed by atoms with Crippen molar-refractivity contribution in [3.05, 3.63) is 30.1 Å². The Kier molecular flexibility index (Phi) is 7.10. The summed E-state index contributed by atoms with van der Waals surface area (Å²) in [5, 5.41) is 0. The van der Waals surface area contributed by atoms with Gasteiger partial charge in [-0.3, -0.25) is 9.88 Å². The Hall–Kier alpha value is -0.930. The number of nitrogens with two attached hydrogens (primary N) is 1. The predicted molar refractivity (Wildman–Crippen MR) is 101 cm³/mol. The Morgan fingerprint density at radius 3 is 2.04 bits per heavy atom. The van der Waals surface area contributed by atoms with Gasteiger partial charge in [-0.2, -0.15) is 0 Å². The molecule has 3 nitrogen and oxygen atoms in total. The first kappa shape index (κ1) is 17.9. The Labute approximate surface area is 148 Å². The van der Waals surface area contributed by atoms with Crippen LogP contribution in [0.15, 0.2) is 24.5 Å². The van der Waals surface area contributed by atoms with Crippen LogP contribution in [-0.4, -0.2) is 29.5 Å². The van der Waals surface area contributed by atoms with Gasteiger partial charge in [0.05, 0.1) is 0 Å². The average molecular weight is 330 g/mol. The minimum Gasteiger partial charge on any atom is -0.330 e. The largest absolute Gasteiger partial charge is 0.330 e. The molecule has 2 aliphatic carbocycles. The van der Waals surface area contributed by atoms with Gasteiger partial charge in [0.15, 0.2) is 0 Å². The summed E-state index contributed by atoms with van der Waals surface area (Å²) < 4.78 is 0. The van der Waals surface area contributed by atoms with Crippen molar-refractivity contribution >= 4 is 0 Å². The number of rotatable bonds is 7. The predicted octanol–water partition coefficient (Wildman–Crippen LogP) is 4.23.